The summed E-state index contributed by atoms with van der Waals surface area (Å²) >= 11 is 5.75. The lowest BCUT2D eigenvalue weighted by Gasteiger charge is -2.15. The van der Waals surface area contributed by atoms with Crippen molar-refractivity contribution in [3.05, 3.63) is 81.6 Å². The van der Waals surface area contributed by atoms with Crippen molar-refractivity contribution in [3.63, 3.8) is 0 Å². The van der Waals surface area contributed by atoms with E-state index in [1.165, 1.54) is 28.9 Å². The normalized spacial score (nSPS) is 15.0. The van der Waals surface area contributed by atoms with Gasteiger partial charge in [-0.2, -0.15) is 5.10 Å². The number of fused-ring (bicyclic) bond motifs is 1. The Labute approximate surface area is 175 Å². The number of rotatable bonds is 4. The van der Waals surface area contributed by atoms with E-state index in [0.29, 0.717) is 35.2 Å². The van der Waals surface area contributed by atoms with Crippen LogP contribution in [0.15, 0.2) is 42.6 Å². The van der Waals surface area contributed by atoms with Gasteiger partial charge in [-0.25, -0.2) is 8.78 Å². The van der Waals surface area contributed by atoms with Gasteiger partial charge in [-0.1, -0.05) is 11.6 Å². The first-order valence-corrected chi connectivity index (χ1v) is 9.59. The highest BCUT2D eigenvalue weighted by Crippen LogP contribution is 2.36. The molecule has 0 radical (unpaired) electrons. The fourth-order valence-corrected chi connectivity index (χ4v) is 3.79. The van der Waals surface area contributed by atoms with Gasteiger partial charge in [0.2, 0.25) is 0 Å². The van der Waals surface area contributed by atoms with Gasteiger partial charge in [0.25, 0.3) is 11.8 Å². The molecular weight excluding hydrogens is 414 g/mol. The lowest BCUT2D eigenvalue weighted by molar-refractivity contribution is 0.0930. The second-order valence-electron chi connectivity index (χ2n) is 7.01. The smallest absolute Gasteiger partial charge is 0.272 e. The summed E-state index contributed by atoms with van der Waals surface area (Å²) in [5.74, 6) is -1.96. The topological polar surface area (TPSA) is 76.0 Å². The summed E-state index contributed by atoms with van der Waals surface area (Å²) in [6, 6.07) is 7.44. The minimum atomic E-state index is -0.594. The molecule has 1 unspecified atom stereocenters. The Balaban J connectivity index is 1.58. The molecule has 6 nitrogen and oxygen atoms in total. The Morgan fingerprint density at radius 3 is 2.60 bits per heavy atom. The van der Waals surface area contributed by atoms with E-state index in [1.54, 1.807) is 19.3 Å². The second kappa shape index (κ2) is 7.87. The summed E-state index contributed by atoms with van der Waals surface area (Å²) < 4.78 is 29.4. The molecule has 4 rings (SSSR count). The Bertz CT molecular complexity index is 1160. The van der Waals surface area contributed by atoms with Crippen molar-refractivity contribution in [3.8, 4) is 0 Å². The van der Waals surface area contributed by atoms with Gasteiger partial charge < -0.3 is 10.6 Å². The number of halogens is 3. The van der Waals surface area contributed by atoms with Gasteiger partial charge >= 0.3 is 0 Å². The highest BCUT2D eigenvalue weighted by Gasteiger charge is 2.31. The predicted octanol–water partition coefficient (Wildman–Crippen LogP) is 4.02. The van der Waals surface area contributed by atoms with Crippen LogP contribution in [-0.2, 0) is 13.5 Å². The SMILES string of the molecule is Cn1ccc(C(=O)NC2CCc3c(C(=O)Nc4ccc(F)c(Cl)c4)ccc(F)c32)n1. The first kappa shape index (κ1) is 20.0. The minimum absolute atomic E-state index is 0.116. The molecule has 9 heteroatoms. The molecule has 2 amide bonds. The lowest BCUT2D eigenvalue weighted by atomic mass is 10.0. The highest BCUT2D eigenvalue weighted by atomic mass is 35.5. The van der Waals surface area contributed by atoms with Crippen LogP contribution < -0.4 is 10.6 Å². The fraction of sp³-hybridized carbons (Fsp3) is 0.190. The molecule has 154 valence electrons. The van der Waals surface area contributed by atoms with Gasteiger partial charge in [0, 0.05) is 30.1 Å². The van der Waals surface area contributed by atoms with Gasteiger partial charge in [-0.3, -0.25) is 14.3 Å². The molecular formula is C21H17ClF2N4O2. The zero-order chi connectivity index (χ0) is 21.4. The highest BCUT2D eigenvalue weighted by molar-refractivity contribution is 6.31. The van der Waals surface area contributed by atoms with E-state index in [0.717, 1.165) is 6.07 Å². The summed E-state index contributed by atoms with van der Waals surface area (Å²) in [6.45, 7) is 0. The molecule has 0 saturated heterocycles. The largest absolute Gasteiger partial charge is 0.344 e. The van der Waals surface area contributed by atoms with Crippen LogP contribution in [-0.4, -0.2) is 21.6 Å². The third-order valence-electron chi connectivity index (χ3n) is 5.01. The standard InChI is InChI=1S/C21H17ClF2N4O2/c1-28-9-8-18(27-28)21(30)26-17-7-4-12-13(3-6-16(24)19(12)17)20(29)25-11-2-5-15(23)14(22)10-11/h2-3,5-6,8-10,17H,4,7H2,1H3,(H,25,29)(H,26,30). The molecule has 1 heterocycles. The van der Waals surface area contributed by atoms with Crippen LogP contribution in [0.4, 0.5) is 14.5 Å². The zero-order valence-electron chi connectivity index (χ0n) is 15.9. The summed E-state index contributed by atoms with van der Waals surface area (Å²) in [6.07, 6.45) is 2.52. The number of nitrogens with one attached hydrogen (secondary N) is 2. The van der Waals surface area contributed by atoms with Crippen molar-refractivity contribution >= 4 is 29.1 Å². The van der Waals surface area contributed by atoms with E-state index in [4.69, 9.17) is 11.6 Å². The average Bonchev–Trinajstić information content (AvgIpc) is 3.32. The van der Waals surface area contributed by atoms with Crippen LogP contribution in [0.1, 0.15) is 44.4 Å². The van der Waals surface area contributed by atoms with Crippen molar-refractivity contribution in [1.82, 2.24) is 15.1 Å². The number of nitrogens with zero attached hydrogens (tertiary/aromatic N) is 2. The molecule has 0 bridgehead atoms. The molecule has 3 aromatic rings. The predicted molar refractivity (Wildman–Crippen MR) is 107 cm³/mol. The zero-order valence-corrected chi connectivity index (χ0v) is 16.6. The number of amides is 2. The maximum Gasteiger partial charge on any atom is 0.272 e. The number of hydrogen-bond acceptors (Lipinski definition) is 3. The summed E-state index contributed by atoms with van der Waals surface area (Å²) in [5.41, 5.74) is 1.67. The molecule has 1 aromatic heterocycles. The van der Waals surface area contributed by atoms with Crippen LogP contribution in [0.5, 0.6) is 0 Å². The summed E-state index contributed by atoms with van der Waals surface area (Å²) in [7, 11) is 1.69. The van der Waals surface area contributed by atoms with Crippen LogP contribution >= 0.6 is 11.6 Å². The van der Waals surface area contributed by atoms with E-state index in [-0.39, 0.29) is 10.7 Å². The van der Waals surface area contributed by atoms with Crippen molar-refractivity contribution in [2.45, 2.75) is 18.9 Å². The van der Waals surface area contributed by atoms with Crippen LogP contribution in [0.3, 0.4) is 0 Å². The molecule has 0 fully saturated rings. The second-order valence-corrected chi connectivity index (χ2v) is 7.42. The maximum absolute atomic E-state index is 14.6. The molecule has 2 aromatic carbocycles. The van der Waals surface area contributed by atoms with Crippen LogP contribution in [0, 0.1) is 11.6 Å². The van der Waals surface area contributed by atoms with Gasteiger partial charge in [0.1, 0.15) is 17.3 Å². The summed E-state index contributed by atoms with van der Waals surface area (Å²) in [5, 5.41) is 9.37. The monoisotopic (exact) mass is 430 g/mol. The Hall–Kier alpha value is -3.26. The molecule has 1 aliphatic rings. The Morgan fingerprint density at radius 2 is 1.90 bits per heavy atom. The van der Waals surface area contributed by atoms with Gasteiger partial charge in [0.05, 0.1) is 11.1 Å². The van der Waals surface area contributed by atoms with Crippen molar-refractivity contribution in [1.29, 1.82) is 0 Å². The Morgan fingerprint density at radius 1 is 1.13 bits per heavy atom. The Kier molecular flexibility index (Phi) is 5.26. The third kappa shape index (κ3) is 3.78. The molecule has 0 saturated carbocycles. The number of hydrogen-bond donors (Lipinski definition) is 2. The molecule has 0 spiro atoms. The number of carbonyl (C=O) groups excluding carboxylic acids is 2. The van der Waals surface area contributed by atoms with E-state index in [9.17, 15) is 18.4 Å². The molecule has 2 N–H and O–H groups in total. The molecule has 0 aliphatic heterocycles. The number of aromatic nitrogens is 2. The summed E-state index contributed by atoms with van der Waals surface area (Å²) in [4.78, 5) is 25.2. The fourth-order valence-electron chi connectivity index (χ4n) is 3.61. The van der Waals surface area contributed by atoms with Gasteiger partial charge in [-0.15, -0.1) is 0 Å². The average molecular weight is 431 g/mol. The number of carbonyl (C=O) groups is 2. The molecule has 1 aliphatic carbocycles. The third-order valence-corrected chi connectivity index (χ3v) is 5.30. The van der Waals surface area contributed by atoms with Crippen molar-refractivity contribution in [2.75, 3.05) is 5.32 Å². The quantitative estimate of drug-likeness (QED) is 0.656. The molecule has 30 heavy (non-hydrogen) atoms. The number of aryl methyl sites for hydroxylation is 1. The first-order chi connectivity index (χ1) is 14.3. The van der Waals surface area contributed by atoms with E-state index in [1.807, 2.05) is 0 Å². The van der Waals surface area contributed by atoms with Crippen LogP contribution in [0.2, 0.25) is 5.02 Å². The van der Waals surface area contributed by atoms with Crippen molar-refractivity contribution in [2.24, 2.45) is 7.05 Å². The van der Waals surface area contributed by atoms with E-state index < -0.39 is 29.5 Å². The van der Waals surface area contributed by atoms with Gasteiger partial charge in [-0.05, 0) is 54.8 Å². The first-order valence-electron chi connectivity index (χ1n) is 9.21. The minimum Gasteiger partial charge on any atom is -0.344 e. The number of anilines is 1. The van der Waals surface area contributed by atoms with E-state index in [2.05, 4.69) is 15.7 Å². The molecule has 1 atom stereocenters. The van der Waals surface area contributed by atoms with E-state index >= 15 is 0 Å². The number of benzene rings is 2. The van der Waals surface area contributed by atoms with Crippen molar-refractivity contribution < 1.29 is 18.4 Å². The van der Waals surface area contributed by atoms with Crippen LogP contribution in [0.25, 0.3) is 0 Å². The lowest BCUT2D eigenvalue weighted by Crippen LogP contribution is -2.28. The van der Waals surface area contributed by atoms with Gasteiger partial charge in [0.15, 0.2) is 0 Å². The maximum atomic E-state index is 14.6.